The van der Waals surface area contributed by atoms with Crippen molar-refractivity contribution in [1.82, 2.24) is 9.88 Å². The summed E-state index contributed by atoms with van der Waals surface area (Å²) in [6.45, 7) is 3.67. The number of piperidine rings is 1. The molecule has 1 aliphatic heterocycles. The molecule has 120 valence electrons. The second-order valence-corrected chi connectivity index (χ2v) is 8.89. The summed E-state index contributed by atoms with van der Waals surface area (Å²) < 4.78 is 22.6. The lowest BCUT2D eigenvalue weighted by atomic mass is 9.96. The maximum absolute atomic E-state index is 11.3. The minimum Gasteiger partial charge on any atom is -0.392 e. The molecule has 7 heteroatoms. The third-order valence-corrected chi connectivity index (χ3v) is 5.75. The quantitative estimate of drug-likeness (QED) is 0.860. The normalized spacial score (nSPS) is 22.3. The van der Waals surface area contributed by atoms with Crippen molar-refractivity contribution in [2.75, 3.05) is 12.8 Å². The summed E-state index contributed by atoms with van der Waals surface area (Å²) in [7, 11) is -3.03. The van der Waals surface area contributed by atoms with E-state index in [-0.39, 0.29) is 17.9 Å². The lowest BCUT2D eigenvalue weighted by Crippen LogP contribution is -2.46. The van der Waals surface area contributed by atoms with Crippen LogP contribution in [-0.4, -0.2) is 48.4 Å². The van der Waals surface area contributed by atoms with Crippen LogP contribution in [0.4, 0.5) is 0 Å². The van der Waals surface area contributed by atoms with Crippen molar-refractivity contribution in [3.05, 3.63) is 16.1 Å². The second kappa shape index (κ2) is 7.17. The number of likely N-dealkylation sites (tertiary alicyclic amines) is 1. The highest BCUT2D eigenvalue weighted by Gasteiger charge is 2.28. The fraction of sp³-hybridized carbons (Fsp3) is 0.786. The molecule has 2 atom stereocenters. The molecule has 0 radical (unpaired) electrons. The average Bonchev–Trinajstić information content (AvgIpc) is 2.83. The van der Waals surface area contributed by atoms with Crippen molar-refractivity contribution >= 4 is 21.2 Å². The highest BCUT2D eigenvalue weighted by molar-refractivity contribution is 7.90. The summed E-state index contributed by atoms with van der Waals surface area (Å²) in [5, 5.41) is 12.7. The van der Waals surface area contributed by atoms with Crippen molar-refractivity contribution < 1.29 is 13.5 Å². The number of hydrogen-bond donors (Lipinski definition) is 1. The van der Waals surface area contributed by atoms with Crippen molar-refractivity contribution in [2.24, 2.45) is 0 Å². The smallest absolute Gasteiger partial charge is 0.153 e. The molecule has 0 aliphatic carbocycles. The molecule has 0 saturated carbocycles. The van der Waals surface area contributed by atoms with Crippen molar-refractivity contribution in [2.45, 2.75) is 57.1 Å². The number of rotatable bonds is 6. The molecule has 1 saturated heterocycles. The summed E-state index contributed by atoms with van der Waals surface area (Å²) in [6, 6.07) is 0.198. The Balaban J connectivity index is 2.02. The van der Waals surface area contributed by atoms with Gasteiger partial charge in [0, 0.05) is 24.2 Å². The largest absolute Gasteiger partial charge is 0.392 e. The van der Waals surface area contributed by atoms with Crippen LogP contribution in [0.3, 0.4) is 0 Å². The number of aliphatic hydroxyl groups is 1. The number of aliphatic hydroxyl groups excluding tert-OH is 1. The van der Waals surface area contributed by atoms with Gasteiger partial charge < -0.3 is 5.11 Å². The molecule has 1 aliphatic rings. The van der Waals surface area contributed by atoms with Gasteiger partial charge in [0.25, 0.3) is 0 Å². The minimum atomic E-state index is -3.03. The first-order valence-electron chi connectivity index (χ1n) is 7.42. The Morgan fingerprint density at radius 3 is 2.95 bits per heavy atom. The molecule has 5 nitrogen and oxygen atoms in total. The monoisotopic (exact) mass is 332 g/mol. The molecule has 21 heavy (non-hydrogen) atoms. The van der Waals surface area contributed by atoms with Crippen LogP contribution >= 0.6 is 11.3 Å². The van der Waals surface area contributed by atoms with E-state index in [0.29, 0.717) is 11.6 Å². The standard InChI is InChI=1S/C14H24N2O3S2/c1-3-13(17)12-6-4-5-7-16(12)8-11-9-20-14(15-11)10-21(2,18)19/h9,12-13,17H,3-8,10H2,1-2H3/t12-,13+/m1/s1. The number of nitrogens with zero attached hydrogens (tertiary/aromatic N) is 2. The minimum absolute atomic E-state index is 0.0126. The van der Waals surface area contributed by atoms with Crippen molar-refractivity contribution in [1.29, 1.82) is 0 Å². The zero-order valence-corrected chi connectivity index (χ0v) is 14.3. The number of sulfone groups is 1. The molecule has 2 heterocycles. The first-order chi connectivity index (χ1) is 9.89. The zero-order chi connectivity index (χ0) is 15.5. The Labute approximate surface area is 130 Å². The molecule has 1 aromatic rings. The summed E-state index contributed by atoms with van der Waals surface area (Å²) in [5.41, 5.74) is 0.911. The Hall–Kier alpha value is -0.500. The Kier molecular flexibility index (Phi) is 5.76. The van der Waals surface area contributed by atoms with Gasteiger partial charge in [-0.2, -0.15) is 0 Å². The van der Waals surface area contributed by atoms with E-state index >= 15 is 0 Å². The third-order valence-electron chi connectivity index (χ3n) is 3.88. The maximum Gasteiger partial charge on any atom is 0.153 e. The van der Waals surface area contributed by atoms with Gasteiger partial charge in [-0.15, -0.1) is 11.3 Å². The average molecular weight is 332 g/mol. The van der Waals surface area contributed by atoms with Crippen LogP contribution in [0.15, 0.2) is 5.38 Å². The summed E-state index contributed by atoms with van der Waals surface area (Å²) in [5.74, 6) is 0.0126. The highest BCUT2D eigenvalue weighted by atomic mass is 32.2. The summed E-state index contributed by atoms with van der Waals surface area (Å²) in [4.78, 5) is 6.71. The SMILES string of the molecule is CC[C@H](O)[C@H]1CCCCN1Cc1csc(CS(C)(=O)=O)n1. The van der Waals surface area contributed by atoms with E-state index in [9.17, 15) is 13.5 Å². The van der Waals surface area contributed by atoms with Crippen LogP contribution in [0.5, 0.6) is 0 Å². The number of hydrogen-bond acceptors (Lipinski definition) is 6. The van der Waals surface area contributed by atoms with Gasteiger partial charge in [0.2, 0.25) is 0 Å². The Morgan fingerprint density at radius 1 is 1.52 bits per heavy atom. The van der Waals surface area contributed by atoms with Crippen molar-refractivity contribution in [3.63, 3.8) is 0 Å². The van der Waals surface area contributed by atoms with Gasteiger partial charge in [-0.1, -0.05) is 13.3 Å². The van der Waals surface area contributed by atoms with Gasteiger partial charge in [0.15, 0.2) is 9.84 Å². The molecule has 0 unspecified atom stereocenters. The third kappa shape index (κ3) is 5.02. The Bertz CT molecular complexity index is 556. The van der Waals surface area contributed by atoms with E-state index in [0.717, 1.165) is 37.9 Å². The lowest BCUT2D eigenvalue weighted by molar-refractivity contribution is 0.0190. The van der Waals surface area contributed by atoms with E-state index in [2.05, 4.69) is 9.88 Å². The maximum atomic E-state index is 11.3. The van der Waals surface area contributed by atoms with Gasteiger partial charge >= 0.3 is 0 Å². The molecule has 1 N–H and O–H groups in total. The van der Waals surface area contributed by atoms with E-state index in [1.165, 1.54) is 17.6 Å². The van der Waals surface area contributed by atoms with Crippen LogP contribution in [0.1, 0.15) is 43.3 Å². The summed E-state index contributed by atoms with van der Waals surface area (Å²) in [6.07, 6.45) is 5.03. The molecular weight excluding hydrogens is 308 g/mol. The summed E-state index contributed by atoms with van der Waals surface area (Å²) >= 11 is 1.40. The molecule has 0 aromatic carbocycles. The van der Waals surface area contributed by atoms with E-state index in [1.54, 1.807) is 0 Å². The van der Waals surface area contributed by atoms with Crippen LogP contribution < -0.4 is 0 Å². The van der Waals surface area contributed by atoms with Crippen LogP contribution in [0.2, 0.25) is 0 Å². The predicted octanol–water partition coefficient (Wildman–Crippen LogP) is 1.81. The molecule has 0 amide bonds. The molecule has 1 fully saturated rings. The van der Waals surface area contributed by atoms with E-state index in [1.807, 2.05) is 12.3 Å². The van der Waals surface area contributed by atoms with Gasteiger partial charge in [0.1, 0.15) is 10.8 Å². The number of thiazole rings is 1. The van der Waals surface area contributed by atoms with Gasteiger partial charge in [-0.3, -0.25) is 4.90 Å². The van der Waals surface area contributed by atoms with Crippen LogP contribution in [0, 0.1) is 0 Å². The van der Waals surface area contributed by atoms with E-state index in [4.69, 9.17) is 0 Å². The second-order valence-electron chi connectivity index (χ2n) is 5.81. The first-order valence-corrected chi connectivity index (χ1v) is 10.4. The molecule has 2 rings (SSSR count). The fourth-order valence-corrected chi connectivity index (χ4v) is 4.84. The van der Waals surface area contributed by atoms with Crippen LogP contribution in [-0.2, 0) is 22.1 Å². The number of aromatic nitrogens is 1. The van der Waals surface area contributed by atoms with E-state index < -0.39 is 9.84 Å². The lowest BCUT2D eigenvalue weighted by Gasteiger charge is -2.37. The Morgan fingerprint density at radius 2 is 2.29 bits per heavy atom. The first kappa shape index (κ1) is 16.9. The van der Waals surface area contributed by atoms with Gasteiger partial charge in [0.05, 0.1) is 11.8 Å². The van der Waals surface area contributed by atoms with Crippen molar-refractivity contribution in [3.8, 4) is 0 Å². The zero-order valence-electron chi connectivity index (χ0n) is 12.7. The molecule has 0 spiro atoms. The topological polar surface area (TPSA) is 70.5 Å². The molecule has 0 bridgehead atoms. The van der Waals surface area contributed by atoms with Gasteiger partial charge in [-0.05, 0) is 25.8 Å². The van der Waals surface area contributed by atoms with Gasteiger partial charge in [-0.25, -0.2) is 13.4 Å². The van der Waals surface area contributed by atoms with Crippen LogP contribution in [0.25, 0.3) is 0 Å². The fourth-order valence-electron chi connectivity index (χ4n) is 2.84. The molecule has 1 aromatic heterocycles. The highest BCUT2D eigenvalue weighted by Crippen LogP contribution is 2.24. The molecular formula is C14H24N2O3S2. The predicted molar refractivity (Wildman–Crippen MR) is 85.0 cm³/mol.